The van der Waals surface area contributed by atoms with Crippen LogP contribution in [-0.4, -0.2) is 47.0 Å². The summed E-state index contributed by atoms with van der Waals surface area (Å²) >= 11 is 0. The van der Waals surface area contributed by atoms with Gasteiger partial charge in [0.25, 0.3) is 0 Å². The third-order valence-corrected chi connectivity index (χ3v) is 2.28. The number of anilines is 1. The summed E-state index contributed by atoms with van der Waals surface area (Å²) in [4.78, 5) is 21.4. The fourth-order valence-corrected chi connectivity index (χ4v) is 1.20. The Morgan fingerprint density at radius 1 is 1.56 bits per heavy atom. The van der Waals surface area contributed by atoms with Crippen LogP contribution in [-0.2, 0) is 4.79 Å². The van der Waals surface area contributed by atoms with Crippen LogP contribution in [0.15, 0.2) is 12.3 Å². The lowest BCUT2D eigenvalue weighted by Crippen LogP contribution is -2.32. The summed E-state index contributed by atoms with van der Waals surface area (Å²) in [7, 11) is 1.75. The summed E-state index contributed by atoms with van der Waals surface area (Å²) in [6, 6.07) is 1.69. The molecule has 0 radical (unpaired) electrons. The van der Waals surface area contributed by atoms with E-state index in [1.54, 1.807) is 24.2 Å². The van der Waals surface area contributed by atoms with Gasteiger partial charge in [0, 0.05) is 25.9 Å². The van der Waals surface area contributed by atoms with Crippen LogP contribution in [0.2, 0.25) is 0 Å². The van der Waals surface area contributed by atoms with Gasteiger partial charge in [0.05, 0.1) is 12.6 Å². The number of nitrogens with zero attached hydrogens (tertiary/aromatic N) is 3. The minimum absolute atomic E-state index is 0.00344. The number of carbonyl (C=O) groups is 1. The number of carbonyl (C=O) groups excluding carboxylic acids is 1. The van der Waals surface area contributed by atoms with Crippen molar-refractivity contribution in [3.63, 3.8) is 0 Å². The first-order valence-electron chi connectivity index (χ1n) is 6.00. The number of aromatic nitrogens is 2. The minimum Gasteiger partial charge on any atom is -0.475 e. The van der Waals surface area contributed by atoms with Crippen LogP contribution in [0.4, 0.5) is 5.95 Å². The monoisotopic (exact) mass is 252 g/mol. The molecule has 0 aliphatic heterocycles. The molecule has 0 fully saturated rings. The van der Waals surface area contributed by atoms with Crippen molar-refractivity contribution in [3.05, 3.63) is 12.3 Å². The van der Waals surface area contributed by atoms with Gasteiger partial charge in [-0.25, -0.2) is 4.98 Å². The maximum Gasteiger partial charge on any atom is 0.241 e. The lowest BCUT2D eigenvalue weighted by molar-refractivity contribution is -0.127. The average molecular weight is 252 g/mol. The van der Waals surface area contributed by atoms with Gasteiger partial charge < -0.3 is 15.0 Å². The molecule has 18 heavy (non-hydrogen) atoms. The fraction of sp³-hybridized carbons (Fsp3) is 0.583. The molecule has 100 valence electrons. The lowest BCUT2D eigenvalue weighted by atomic mass is 10.5. The standard InChI is InChI=1S/C12H20N4O2/c1-5-16(4)11(17)8-14-12-13-7-6-10(15-12)18-9(2)3/h6-7,9H,5,8H2,1-4H3,(H,13,14,15). The largest absolute Gasteiger partial charge is 0.475 e. The normalized spacial score (nSPS) is 10.3. The molecule has 0 saturated carbocycles. The maximum absolute atomic E-state index is 11.6. The first-order chi connectivity index (χ1) is 8.52. The molecule has 1 amide bonds. The van der Waals surface area contributed by atoms with E-state index in [2.05, 4.69) is 15.3 Å². The third kappa shape index (κ3) is 4.57. The molecule has 6 heteroatoms. The highest BCUT2D eigenvalue weighted by molar-refractivity contribution is 5.80. The molecule has 1 aromatic heterocycles. The zero-order valence-electron chi connectivity index (χ0n) is 11.3. The average Bonchev–Trinajstić information content (AvgIpc) is 2.34. The molecule has 0 aliphatic carbocycles. The van der Waals surface area contributed by atoms with Gasteiger partial charge in [-0.2, -0.15) is 4.98 Å². The van der Waals surface area contributed by atoms with Gasteiger partial charge in [-0.05, 0) is 20.8 Å². The fourth-order valence-electron chi connectivity index (χ4n) is 1.20. The molecule has 0 saturated heterocycles. The number of nitrogens with one attached hydrogen (secondary N) is 1. The summed E-state index contributed by atoms with van der Waals surface area (Å²) in [5.41, 5.74) is 0. The number of hydrogen-bond donors (Lipinski definition) is 1. The van der Waals surface area contributed by atoms with Crippen molar-refractivity contribution in [2.45, 2.75) is 26.9 Å². The van der Waals surface area contributed by atoms with Crippen molar-refractivity contribution in [1.29, 1.82) is 0 Å². The van der Waals surface area contributed by atoms with Crippen LogP contribution in [0.25, 0.3) is 0 Å². The molecule has 1 N–H and O–H groups in total. The summed E-state index contributed by atoms with van der Waals surface area (Å²) in [6.07, 6.45) is 1.65. The number of hydrogen-bond acceptors (Lipinski definition) is 5. The summed E-state index contributed by atoms with van der Waals surface area (Å²) < 4.78 is 5.44. The van der Waals surface area contributed by atoms with E-state index in [4.69, 9.17) is 4.74 Å². The summed E-state index contributed by atoms with van der Waals surface area (Å²) in [5, 5.41) is 2.88. The number of amides is 1. The smallest absolute Gasteiger partial charge is 0.241 e. The van der Waals surface area contributed by atoms with E-state index < -0.39 is 0 Å². The van der Waals surface area contributed by atoms with Gasteiger partial charge in [0.15, 0.2) is 0 Å². The Balaban J connectivity index is 2.54. The zero-order chi connectivity index (χ0) is 13.5. The number of likely N-dealkylation sites (N-methyl/N-ethyl adjacent to an activating group) is 1. The molecule has 0 bridgehead atoms. The molecule has 0 unspecified atom stereocenters. The van der Waals surface area contributed by atoms with Gasteiger partial charge in [-0.3, -0.25) is 4.79 Å². The highest BCUT2D eigenvalue weighted by atomic mass is 16.5. The highest BCUT2D eigenvalue weighted by Crippen LogP contribution is 2.09. The second-order valence-corrected chi connectivity index (χ2v) is 4.15. The zero-order valence-corrected chi connectivity index (χ0v) is 11.3. The van der Waals surface area contributed by atoms with Gasteiger partial charge in [-0.1, -0.05) is 0 Å². The predicted octanol–water partition coefficient (Wildman–Crippen LogP) is 1.15. The molecule has 0 spiro atoms. The van der Waals surface area contributed by atoms with Crippen LogP contribution < -0.4 is 10.1 Å². The molecule has 0 aromatic carbocycles. The second kappa shape index (κ2) is 6.78. The van der Waals surface area contributed by atoms with Crippen LogP contribution >= 0.6 is 0 Å². The molecule has 6 nitrogen and oxygen atoms in total. The quantitative estimate of drug-likeness (QED) is 0.822. The van der Waals surface area contributed by atoms with Crippen molar-refractivity contribution < 1.29 is 9.53 Å². The summed E-state index contributed by atoms with van der Waals surface area (Å²) in [6.45, 7) is 6.63. The first kappa shape index (κ1) is 14.2. The van der Waals surface area contributed by atoms with Crippen molar-refractivity contribution in [2.75, 3.05) is 25.5 Å². The molecule has 0 aliphatic rings. The van der Waals surface area contributed by atoms with E-state index in [-0.39, 0.29) is 18.6 Å². The topological polar surface area (TPSA) is 67.4 Å². The van der Waals surface area contributed by atoms with E-state index in [9.17, 15) is 4.79 Å². The highest BCUT2D eigenvalue weighted by Gasteiger charge is 2.07. The SMILES string of the molecule is CCN(C)C(=O)CNc1nccc(OC(C)C)n1. The van der Waals surface area contributed by atoms with Crippen LogP contribution in [0.5, 0.6) is 5.88 Å². The van der Waals surface area contributed by atoms with Crippen molar-refractivity contribution in [2.24, 2.45) is 0 Å². The Kier molecular flexibility index (Phi) is 5.35. The van der Waals surface area contributed by atoms with Gasteiger partial charge >= 0.3 is 0 Å². The van der Waals surface area contributed by atoms with Crippen LogP contribution in [0.3, 0.4) is 0 Å². The molecule has 1 rings (SSSR count). The molecular weight excluding hydrogens is 232 g/mol. The minimum atomic E-state index is -0.00344. The lowest BCUT2D eigenvalue weighted by Gasteiger charge is -2.15. The predicted molar refractivity (Wildman–Crippen MR) is 69.6 cm³/mol. The van der Waals surface area contributed by atoms with Crippen molar-refractivity contribution in [1.82, 2.24) is 14.9 Å². The Morgan fingerprint density at radius 2 is 2.28 bits per heavy atom. The maximum atomic E-state index is 11.6. The second-order valence-electron chi connectivity index (χ2n) is 4.15. The molecule has 0 atom stereocenters. The Morgan fingerprint density at radius 3 is 2.89 bits per heavy atom. The molecular formula is C12H20N4O2. The number of rotatable bonds is 6. The van der Waals surface area contributed by atoms with Crippen molar-refractivity contribution in [3.8, 4) is 5.88 Å². The third-order valence-electron chi connectivity index (χ3n) is 2.28. The Hall–Kier alpha value is -1.85. The van der Waals surface area contributed by atoms with E-state index >= 15 is 0 Å². The van der Waals surface area contributed by atoms with Crippen LogP contribution in [0.1, 0.15) is 20.8 Å². The van der Waals surface area contributed by atoms with E-state index in [0.29, 0.717) is 18.4 Å². The Bertz CT molecular complexity index is 395. The molecule has 1 aromatic rings. The van der Waals surface area contributed by atoms with E-state index in [0.717, 1.165) is 0 Å². The Labute approximate surface area is 107 Å². The van der Waals surface area contributed by atoms with Gasteiger partial charge in [0.2, 0.25) is 17.7 Å². The summed E-state index contributed by atoms with van der Waals surface area (Å²) in [5.74, 6) is 0.890. The van der Waals surface area contributed by atoms with Crippen LogP contribution in [0, 0.1) is 0 Å². The van der Waals surface area contributed by atoms with Gasteiger partial charge in [-0.15, -0.1) is 0 Å². The van der Waals surface area contributed by atoms with Gasteiger partial charge in [0.1, 0.15) is 0 Å². The molecule has 1 heterocycles. The van der Waals surface area contributed by atoms with E-state index in [1.807, 2.05) is 20.8 Å². The first-order valence-corrected chi connectivity index (χ1v) is 6.00. The number of ether oxygens (including phenoxy) is 1. The van der Waals surface area contributed by atoms with E-state index in [1.165, 1.54) is 0 Å². The van der Waals surface area contributed by atoms with Crippen molar-refractivity contribution >= 4 is 11.9 Å².